The van der Waals surface area contributed by atoms with Crippen molar-refractivity contribution < 1.29 is 27.1 Å². The van der Waals surface area contributed by atoms with E-state index < -0.39 is 17.2 Å². The van der Waals surface area contributed by atoms with E-state index in [2.05, 4.69) is 140 Å². The third kappa shape index (κ3) is 10.0. The lowest BCUT2D eigenvalue weighted by Gasteiger charge is -2.25. The molecule has 0 bridgehead atoms. The first-order valence-corrected chi connectivity index (χ1v) is 24.3. The molecule has 8 rings (SSSR count). The highest BCUT2D eigenvalue weighted by molar-refractivity contribution is 7.43. The SMILES string of the molecule is CC(C)c1ccccc1OP(Oc1ccccc1C(C)C)Oc1ccc2ccccc2c1-c1c(OP(Oc2ccccc2C(C)C)Oc2ccccc2C(C)C)ccc2ccccc12. The van der Waals surface area contributed by atoms with Gasteiger partial charge >= 0.3 is 17.2 Å². The van der Waals surface area contributed by atoms with Crippen molar-refractivity contribution in [3.05, 3.63) is 192 Å². The van der Waals surface area contributed by atoms with Gasteiger partial charge in [-0.15, -0.1) is 0 Å². The summed E-state index contributed by atoms with van der Waals surface area (Å²) in [6.07, 6.45) is 0. The van der Waals surface area contributed by atoms with E-state index in [0.29, 0.717) is 34.5 Å². The summed E-state index contributed by atoms with van der Waals surface area (Å²) in [7, 11) is -4.15. The fraction of sp³-hybridized carbons (Fsp3) is 0.214. The molecule has 0 heterocycles. The molecule has 0 amide bonds. The fourth-order valence-corrected chi connectivity index (χ4v) is 10.1. The molecule has 0 aromatic heterocycles. The number of rotatable bonds is 17. The van der Waals surface area contributed by atoms with E-state index in [0.717, 1.165) is 54.9 Å². The second-order valence-electron chi connectivity index (χ2n) is 17.1. The van der Waals surface area contributed by atoms with E-state index >= 15 is 0 Å². The van der Waals surface area contributed by atoms with Crippen molar-refractivity contribution in [1.29, 1.82) is 0 Å². The Morgan fingerprint density at radius 1 is 0.266 bits per heavy atom. The van der Waals surface area contributed by atoms with E-state index in [-0.39, 0.29) is 23.7 Å². The van der Waals surface area contributed by atoms with Crippen LogP contribution < -0.4 is 27.1 Å². The van der Waals surface area contributed by atoms with Crippen LogP contribution in [0, 0.1) is 0 Å². The first-order valence-electron chi connectivity index (χ1n) is 22.1. The number of hydrogen-bond donors (Lipinski definition) is 0. The normalized spacial score (nSPS) is 11.7. The lowest BCUT2D eigenvalue weighted by Crippen LogP contribution is -2.08. The number of hydrogen-bond acceptors (Lipinski definition) is 6. The predicted octanol–water partition coefficient (Wildman–Crippen LogP) is 17.7. The van der Waals surface area contributed by atoms with Gasteiger partial charge in [0.2, 0.25) is 0 Å². The molecule has 64 heavy (non-hydrogen) atoms. The zero-order valence-electron chi connectivity index (χ0n) is 37.8. The molecule has 326 valence electrons. The van der Waals surface area contributed by atoms with Crippen molar-refractivity contribution in [3.63, 3.8) is 0 Å². The van der Waals surface area contributed by atoms with Crippen LogP contribution in [0.25, 0.3) is 32.7 Å². The summed E-state index contributed by atoms with van der Waals surface area (Å²) in [5.74, 6) is 4.85. The molecule has 6 nitrogen and oxygen atoms in total. The van der Waals surface area contributed by atoms with Gasteiger partial charge in [-0.05, 0) is 104 Å². The standard InChI is InChI=1S/C56H56O6P2/c1-37(2)43-23-13-17-29-49(43)57-63(58-50-30-18-14-24-44(50)38(3)4)61-53-35-33-41-21-9-11-27-47(41)55(53)56-48-28-12-10-22-42(48)34-36-54(56)62-64(59-51-31-19-15-25-45(51)39(5)6)60-52-32-20-16-26-46(52)40(7)8/h9-40H,1-8H3. The van der Waals surface area contributed by atoms with Gasteiger partial charge in [0.25, 0.3) is 0 Å². The average Bonchev–Trinajstić information content (AvgIpc) is 3.29. The Bertz CT molecular complexity index is 2550. The zero-order valence-corrected chi connectivity index (χ0v) is 39.6. The Kier molecular flexibility index (Phi) is 14.1. The van der Waals surface area contributed by atoms with Gasteiger partial charge in [0.05, 0.1) is 0 Å². The highest BCUT2D eigenvalue weighted by Gasteiger charge is 2.30. The van der Waals surface area contributed by atoms with E-state index in [1.54, 1.807) is 0 Å². The van der Waals surface area contributed by atoms with Crippen LogP contribution in [0.15, 0.2) is 170 Å². The first kappa shape index (κ1) is 44.5. The molecule has 0 aliphatic rings. The Labute approximate surface area is 381 Å². The van der Waals surface area contributed by atoms with Crippen LogP contribution in [0.5, 0.6) is 34.5 Å². The van der Waals surface area contributed by atoms with Crippen LogP contribution in [0.3, 0.4) is 0 Å². The molecule has 0 spiro atoms. The maximum atomic E-state index is 7.18. The van der Waals surface area contributed by atoms with Gasteiger partial charge in [-0.25, -0.2) is 0 Å². The summed E-state index contributed by atoms with van der Waals surface area (Å²) in [6.45, 7) is 17.3. The molecule has 0 saturated heterocycles. The molecule has 0 aliphatic carbocycles. The average molecular weight is 887 g/mol. The Balaban J connectivity index is 1.31. The molecule has 8 aromatic carbocycles. The van der Waals surface area contributed by atoms with Gasteiger partial charge < -0.3 is 27.1 Å². The zero-order chi connectivity index (χ0) is 44.7. The Hall–Kier alpha value is -6.06. The second-order valence-corrected chi connectivity index (χ2v) is 19.1. The predicted molar refractivity (Wildman–Crippen MR) is 267 cm³/mol. The van der Waals surface area contributed by atoms with E-state index in [1.165, 1.54) is 0 Å². The monoisotopic (exact) mass is 886 g/mol. The lowest BCUT2D eigenvalue weighted by atomic mass is 9.92. The molecule has 0 atom stereocenters. The molecule has 8 heteroatoms. The van der Waals surface area contributed by atoms with Crippen LogP contribution in [-0.4, -0.2) is 0 Å². The van der Waals surface area contributed by atoms with Crippen molar-refractivity contribution in [2.45, 2.75) is 79.1 Å². The van der Waals surface area contributed by atoms with E-state index in [9.17, 15) is 0 Å². The van der Waals surface area contributed by atoms with Gasteiger partial charge in [0.1, 0.15) is 34.5 Å². The van der Waals surface area contributed by atoms with E-state index in [4.69, 9.17) is 27.1 Å². The summed E-state index contributed by atoms with van der Waals surface area (Å²) in [5, 5.41) is 4.03. The van der Waals surface area contributed by atoms with Crippen molar-refractivity contribution in [2.24, 2.45) is 0 Å². The quantitative estimate of drug-likeness (QED) is 0.0849. The Morgan fingerprint density at radius 2 is 0.516 bits per heavy atom. The topological polar surface area (TPSA) is 55.4 Å². The minimum absolute atomic E-state index is 0.210. The molecular weight excluding hydrogens is 831 g/mol. The molecule has 0 fully saturated rings. The maximum Gasteiger partial charge on any atom is 0.530 e. The summed E-state index contributed by atoms with van der Waals surface area (Å²) in [5.41, 5.74) is 5.92. The number of benzene rings is 8. The van der Waals surface area contributed by atoms with Crippen LogP contribution >= 0.6 is 17.2 Å². The van der Waals surface area contributed by atoms with Crippen LogP contribution in [0.2, 0.25) is 0 Å². The van der Waals surface area contributed by atoms with Gasteiger partial charge in [0, 0.05) is 11.1 Å². The van der Waals surface area contributed by atoms with Crippen molar-refractivity contribution in [2.75, 3.05) is 0 Å². The molecule has 0 radical (unpaired) electrons. The van der Waals surface area contributed by atoms with Crippen LogP contribution in [-0.2, 0) is 0 Å². The highest BCUT2D eigenvalue weighted by Crippen LogP contribution is 2.54. The first-order chi connectivity index (χ1) is 31.0. The molecule has 8 aromatic rings. The van der Waals surface area contributed by atoms with E-state index in [1.807, 2.05) is 84.9 Å². The number of para-hydroxylation sites is 4. The van der Waals surface area contributed by atoms with Crippen LogP contribution in [0.4, 0.5) is 0 Å². The van der Waals surface area contributed by atoms with Gasteiger partial charge in [-0.3, -0.25) is 0 Å². The van der Waals surface area contributed by atoms with Crippen molar-refractivity contribution >= 4 is 38.7 Å². The van der Waals surface area contributed by atoms with Gasteiger partial charge in [0.15, 0.2) is 0 Å². The maximum absolute atomic E-state index is 7.18. The van der Waals surface area contributed by atoms with Crippen molar-refractivity contribution in [3.8, 4) is 45.6 Å². The molecule has 0 saturated carbocycles. The minimum atomic E-state index is -2.08. The third-order valence-electron chi connectivity index (χ3n) is 11.2. The number of fused-ring (bicyclic) bond motifs is 2. The molecule has 0 unspecified atom stereocenters. The Morgan fingerprint density at radius 3 is 0.812 bits per heavy atom. The molecule has 0 N–H and O–H groups in total. The van der Waals surface area contributed by atoms with Gasteiger partial charge in [-0.1, -0.05) is 189 Å². The summed E-state index contributed by atoms with van der Waals surface area (Å²) in [4.78, 5) is 0. The summed E-state index contributed by atoms with van der Waals surface area (Å²) in [6, 6.07) is 57.3. The fourth-order valence-electron chi connectivity index (χ4n) is 7.93. The third-order valence-corrected chi connectivity index (χ3v) is 13.3. The molecular formula is C56H56O6P2. The largest absolute Gasteiger partial charge is 0.530 e. The van der Waals surface area contributed by atoms with Crippen molar-refractivity contribution in [1.82, 2.24) is 0 Å². The lowest BCUT2D eigenvalue weighted by molar-refractivity contribution is 0.381. The molecule has 0 aliphatic heterocycles. The minimum Gasteiger partial charge on any atom is -0.408 e. The summed E-state index contributed by atoms with van der Waals surface area (Å²) >= 11 is 0. The van der Waals surface area contributed by atoms with Crippen LogP contribution in [0.1, 0.15) is 101 Å². The highest BCUT2D eigenvalue weighted by atomic mass is 31.2. The summed E-state index contributed by atoms with van der Waals surface area (Å²) < 4.78 is 41.9. The second kappa shape index (κ2) is 20.2. The van der Waals surface area contributed by atoms with Gasteiger partial charge in [-0.2, -0.15) is 0 Å². The smallest absolute Gasteiger partial charge is 0.408 e.